The largest absolute Gasteiger partial charge is 0.382 e. The number of hydrogen-bond acceptors (Lipinski definition) is 9. The molecule has 0 radical (unpaired) electrons. The van der Waals surface area contributed by atoms with Gasteiger partial charge in [0.2, 0.25) is 5.95 Å². The molecule has 0 aliphatic heterocycles. The van der Waals surface area contributed by atoms with Crippen LogP contribution in [0.5, 0.6) is 0 Å². The van der Waals surface area contributed by atoms with Gasteiger partial charge in [-0.1, -0.05) is 23.2 Å². The van der Waals surface area contributed by atoms with Crippen LogP contribution in [-0.4, -0.2) is 29.7 Å². The highest BCUT2D eigenvalue weighted by Gasteiger charge is 2.24. The maximum absolute atomic E-state index is 13.6. The molecule has 13 heteroatoms. The van der Waals surface area contributed by atoms with E-state index in [4.69, 9.17) is 34.7 Å². The van der Waals surface area contributed by atoms with E-state index in [1.54, 1.807) is 19.9 Å². The normalized spacial score (nSPS) is 12.0. The fourth-order valence-electron chi connectivity index (χ4n) is 3.31. The number of nitrogens with one attached hydrogen (secondary N) is 2. The second-order valence-electron chi connectivity index (χ2n) is 6.91. The highest BCUT2D eigenvalue weighted by atomic mass is 35.5. The van der Waals surface area contributed by atoms with E-state index in [1.807, 2.05) is 6.07 Å². The number of benzene rings is 1. The van der Waals surface area contributed by atoms with Crippen molar-refractivity contribution >= 4 is 51.7 Å². The number of fused-ring (bicyclic) bond motifs is 1. The van der Waals surface area contributed by atoms with Crippen molar-refractivity contribution in [3.05, 3.63) is 55.8 Å². The molecule has 0 fully saturated rings. The highest BCUT2D eigenvalue weighted by molar-refractivity contribution is 6.39. The number of nitrogen functional groups attached to an aromatic ring is 2. The lowest BCUT2D eigenvalue weighted by Crippen LogP contribution is -2.28. The lowest BCUT2D eigenvalue weighted by Gasteiger charge is -2.21. The molecule has 11 nitrogen and oxygen atoms in total. The summed E-state index contributed by atoms with van der Waals surface area (Å²) in [4.78, 5) is 26.1. The number of nitrogens with two attached hydrogens (primary N) is 2. The van der Waals surface area contributed by atoms with Crippen molar-refractivity contribution in [3.63, 3.8) is 0 Å². The van der Waals surface area contributed by atoms with Gasteiger partial charge in [-0.15, -0.1) is 0 Å². The van der Waals surface area contributed by atoms with E-state index in [0.29, 0.717) is 11.4 Å². The quantitative estimate of drug-likeness (QED) is 0.348. The molecule has 0 saturated carbocycles. The summed E-state index contributed by atoms with van der Waals surface area (Å²) in [5, 5.41) is 20.0. The first kappa shape index (κ1) is 21.4. The van der Waals surface area contributed by atoms with Gasteiger partial charge < -0.3 is 16.8 Å². The zero-order chi connectivity index (χ0) is 23.2. The van der Waals surface area contributed by atoms with Crippen molar-refractivity contribution < 1.29 is 0 Å². The molecule has 3 aromatic heterocycles. The molecule has 162 valence electrons. The van der Waals surface area contributed by atoms with Crippen LogP contribution in [0.1, 0.15) is 30.0 Å². The number of H-pyrrole nitrogens is 1. The predicted molar refractivity (Wildman–Crippen MR) is 122 cm³/mol. The van der Waals surface area contributed by atoms with Crippen LogP contribution in [0.2, 0.25) is 10.0 Å². The molecule has 0 aliphatic rings. The zero-order valence-corrected chi connectivity index (χ0v) is 18.3. The number of nitriles is 1. The average Bonchev–Trinajstić information content (AvgIpc) is 3.15. The third kappa shape index (κ3) is 3.45. The Morgan fingerprint density at radius 1 is 1.22 bits per heavy atom. The summed E-state index contributed by atoms with van der Waals surface area (Å²) in [7, 11) is 0. The third-order valence-electron chi connectivity index (χ3n) is 4.80. The Bertz CT molecular complexity index is 1470. The van der Waals surface area contributed by atoms with Crippen LogP contribution in [0.4, 0.5) is 17.6 Å². The molecule has 0 aliphatic carbocycles. The number of aromatic amines is 1. The lowest BCUT2D eigenvalue weighted by atomic mass is 10.2. The number of aryl methyl sites for hydroxylation is 1. The first-order chi connectivity index (χ1) is 15.2. The first-order valence-electron chi connectivity index (χ1n) is 9.23. The van der Waals surface area contributed by atoms with Gasteiger partial charge in [0.15, 0.2) is 5.82 Å². The molecule has 4 rings (SSSR count). The van der Waals surface area contributed by atoms with E-state index < -0.39 is 11.6 Å². The van der Waals surface area contributed by atoms with E-state index in [2.05, 4.69) is 30.5 Å². The van der Waals surface area contributed by atoms with E-state index >= 15 is 0 Å². The molecule has 0 spiro atoms. The Balaban J connectivity index is 1.98. The Hall–Kier alpha value is -3.88. The van der Waals surface area contributed by atoms with Gasteiger partial charge in [0.05, 0.1) is 44.6 Å². The minimum atomic E-state index is -0.655. The van der Waals surface area contributed by atoms with Gasteiger partial charge in [0, 0.05) is 0 Å². The Morgan fingerprint density at radius 3 is 2.59 bits per heavy atom. The zero-order valence-electron chi connectivity index (χ0n) is 16.8. The van der Waals surface area contributed by atoms with Crippen molar-refractivity contribution in [2.24, 2.45) is 0 Å². The molecular formula is C19H16Cl2N10O. The lowest BCUT2D eigenvalue weighted by molar-refractivity contribution is 0.729. The Labute approximate surface area is 191 Å². The maximum Gasteiger partial charge on any atom is 0.267 e. The van der Waals surface area contributed by atoms with Crippen LogP contribution < -0.4 is 22.3 Å². The molecule has 1 unspecified atom stereocenters. The van der Waals surface area contributed by atoms with Crippen LogP contribution in [0, 0.1) is 18.3 Å². The fourth-order valence-corrected chi connectivity index (χ4v) is 3.74. The molecule has 0 saturated heterocycles. The van der Waals surface area contributed by atoms with Crippen molar-refractivity contribution in [3.8, 4) is 11.8 Å². The number of hydrogen-bond donors (Lipinski definition) is 4. The summed E-state index contributed by atoms with van der Waals surface area (Å²) in [6.45, 7) is 3.49. The molecule has 1 aromatic carbocycles. The Morgan fingerprint density at radius 2 is 1.94 bits per heavy atom. The van der Waals surface area contributed by atoms with Crippen LogP contribution >= 0.6 is 23.2 Å². The number of nitrogens with zero attached hydrogens (tertiary/aromatic N) is 6. The summed E-state index contributed by atoms with van der Waals surface area (Å²) < 4.78 is 1.38. The van der Waals surface area contributed by atoms with Crippen molar-refractivity contribution in [1.29, 1.82) is 5.26 Å². The van der Waals surface area contributed by atoms with E-state index in [9.17, 15) is 10.1 Å². The van der Waals surface area contributed by atoms with Crippen molar-refractivity contribution in [1.82, 2.24) is 29.7 Å². The molecule has 4 aromatic rings. The number of halogens is 2. The molecule has 1 atom stereocenters. The van der Waals surface area contributed by atoms with Gasteiger partial charge in [0.25, 0.3) is 5.56 Å². The van der Waals surface area contributed by atoms with E-state index in [1.165, 1.54) is 16.8 Å². The topological polar surface area (TPSA) is 177 Å². The highest BCUT2D eigenvalue weighted by Crippen LogP contribution is 2.30. The van der Waals surface area contributed by atoms with Gasteiger partial charge >= 0.3 is 0 Å². The molecule has 0 bridgehead atoms. The summed E-state index contributed by atoms with van der Waals surface area (Å²) in [5.41, 5.74) is 12.4. The summed E-state index contributed by atoms with van der Waals surface area (Å²) in [5.74, 6) is 0.197. The SMILES string of the molecule is Cc1[nH]ncc1-n1c(C(C)Nc2nc(N)nc(N)c2C#N)nc2c(Cl)ccc(Cl)c2c1=O. The van der Waals surface area contributed by atoms with Crippen molar-refractivity contribution in [2.75, 3.05) is 16.8 Å². The number of rotatable bonds is 4. The summed E-state index contributed by atoms with van der Waals surface area (Å²) in [6.07, 6.45) is 1.50. The third-order valence-corrected chi connectivity index (χ3v) is 5.42. The minimum absolute atomic E-state index is 0.0151. The van der Waals surface area contributed by atoms with Crippen LogP contribution in [0.3, 0.4) is 0 Å². The van der Waals surface area contributed by atoms with E-state index in [-0.39, 0.29) is 49.9 Å². The van der Waals surface area contributed by atoms with Gasteiger partial charge in [-0.25, -0.2) is 4.98 Å². The van der Waals surface area contributed by atoms with Gasteiger partial charge in [-0.3, -0.25) is 14.5 Å². The van der Waals surface area contributed by atoms with Crippen LogP contribution in [-0.2, 0) is 0 Å². The van der Waals surface area contributed by atoms with Gasteiger partial charge in [-0.05, 0) is 26.0 Å². The second-order valence-corrected chi connectivity index (χ2v) is 7.73. The molecule has 0 amide bonds. The minimum Gasteiger partial charge on any atom is -0.382 e. The molecule has 32 heavy (non-hydrogen) atoms. The number of aromatic nitrogens is 6. The Kier molecular flexibility index (Phi) is 5.33. The predicted octanol–water partition coefficient (Wildman–Crippen LogP) is 2.72. The van der Waals surface area contributed by atoms with E-state index in [0.717, 1.165) is 0 Å². The summed E-state index contributed by atoms with van der Waals surface area (Å²) in [6, 6.07) is 4.39. The van der Waals surface area contributed by atoms with Crippen molar-refractivity contribution in [2.45, 2.75) is 19.9 Å². The van der Waals surface area contributed by atoms with Gasteiger partial charge in [0.1, 0.15) is 23.3 Å². The fraction of sp³-hybridized carbons (Fsp3) is 0.158. The molecule has 3 heterocycles. The second kappa shape index (κ2) is 7.99. The molecular weight excluding hydrogens is 455 g/mol. The monoisotopic (exact) mass is 470 g/mol. The van der Waals surface area contributed by atoms with Gasteiger partial charge in [-0.2, -0.15) is 20.3 Å². The van der Waals surface area contributed by atoms with Crippen LogP contribution in [0.15, 0.2) is 23.1 Å². The summed E-state index contributed by atoms with van der Waals surface area (Å²) >= 11 is 12.6. The standard InChI is InChI=1S/C19H16Cl2N10O/c1-7-12(6-25-30-7)31-17(27-14-11(21)4-3-10(20)13(14)18(31)32)8(2)26-16-9(5-22)15(23)28-19(24)29-16/h3-4,6,8H,1-2H3,(H,25,30)(H5,23,24,26,28,29). The first-order valence-corrected chi connectivity index (χ1v) is 9.99. The smallest absolute Gasteiger partial charge is 0.267 e. The molecule has 6 N–H and O–H groups in total. The van der Waals surface area contributed by atoms with Crippen LogP contribution in [0.25, 0.3) is 16.6 Å². The number of anilines is 3. The average molecular weight is 471 g/mol. The maximum atomic E-state index is 13.6.